The Labute approximate surface area is 219 Å². The molecule has 1 aromatic heterocycles. The summed E-state index contributed by atoms with van der Waals surface area (Å²) < 4.78 is 17.5. The van der Waals surface area contributed by atoms with Gasteiger partial charge in [-0.15, -0.1) is 0 Å². The predicted molar refractivity (Wildman–Crippen MR) is 139 cm³/mol. The van der Waals surface area contributed by atoms with E-state index in [0.717, 1.165) is 24.9 Å². The van der Waals surface area contributed by atoms with Gasteiger partial charge in [0.25, 0.3) is 0 Å². The summed E-state index contributed by atoms with van der Waals surface area (Å²) in [6.07, 6.45) is 5.01. The van der Waals surface area contributed by atoms with Gasteiger partial charge in [0.15, 0.2) is 12.1 Å². The monoisotopic (exact) mass is 510 g/mol. The molecule has 37 heavy (non-hydrogen) atoms. The van der Waals surface area contributed by atoms with Gasteiger partial charge in [0.05, 0.1) is 12.5 Å². The molecule has 2 aromatic rings. The topological polar surface area (TPSA) is 94.1 Å². The maximum atomic E-state index is 14.0. The largest absolute Gasteiger partial charge is 0.494 e. The quantitative estimate of drug-likeness (QED) is 0.450. The Hall–Kier alpha value is -3.04. The van der Waals surface area contributed by atoms with Crippen LogP contribution in [0.3, 0.4) is 0 Å². The smallest absolute Gasteiger partial charge is 0.228 e. The zero-order chi connectivity index (χ0) is 26.4. The van der Waals surface area contributed by atoms with Gasteiger partial charge >= 0.3 is 0 Å². The van der Waals surface area contributed by atoms with Crippen molar-refractivity contribution in [3.63, 3.8) is 0 Å². The Morgan fingerprint density at radius 3 is 2.57 bits per heavy atom. The summed E-state index contributed by atoms with van der Waals surface area (Å²) >= 11 is 0. The van der Waals surface area contributed by atoms with Gasteiger partial charge in [-0.1, -0.05) is 12.1 Å². The summed E-state index contributed by atoms with van der Waals surface area (Å²) in [5.74, 6) is 0.121. The molecule has 0 radical (unpaired) electrons. The SMILES string of the molecule is CCOc1ccc(CCC[C@H](C(=O)N2CCN(c3ncccn3)C[C@H]2C)C2OC(C)(C)OC2C=O)cc1. The van der Waals surface area contributed by atoms with Crippen molar-refractivity contribution in [2.24, 2.45) is 5.92 Å². The Bertz CT molecular complexity index is 1030. The number of aldehydes is 1. The molecule has 1 amide bonds. The molecule has 0 bridgehead atoms. The van der Waals surface area contributed by atoms with E-state index in [1.807, 2.05) is 30.9 Å². The van der Waals surface area contributed by atoms with Crippen molar-refractivity contribution >= 4 is 18.1 Å². The number of amides is 1. The highest BCUT2D eigenvalue weighted by Crippen LogP contribution is 2.35. The molecule has 0 N–H and O–H groups in total. The molecule has 2 fully saturated rings. The minimum atomic E-state index is -0.918. The number of benzene rings is 1. The molecule has 2 saturated heterocycles. The number of nitrogens with zero attached hydrogens (tertiary/aromatic N) is 4. The van der Waals surface area contributed by atoms with Crippen LogP contribution < -0.4 is 9.64 Å². The highest BCUT2D eigenvalue weighted by atomic mass is 16.8. The number of hydrogen-bond donors (Lipinski definition) is 0. The lowest BCUT2D eigenvalue weighted by Gasteiger charge is -2.42. The molecule has 2 aliphatic rings. The normalized spacial score (nSPS) is 24.1. The van der Waals surface area contributed by atoms with E-state index in [1.54, 1.807) is 32.3 Å². The number of carbonyl (C=O) groups excluding carboxylic acids is 2. The highest BCUT2D eigenvalue weighted by molar-refractivity contribution is 5.81. The summed E-state index contributed by atoms with van der Waals surface area (Å²) in [5.41, 5.74) is 1.18. The van der Waals surface area contributed by atoms with Crippen molar-refractivity contribution in [1.82, 2.24) is 14.9 Å². The van der Waals surface area contributed by atoms with Crippen LogP contribution in [0.4, 0.5) is 5.95 Å². The molecule has 2 aliphatic heterocycles. The average molecular weight is 511 g/mol. The van der Waals surface area contributed by atoms with Crippen LogP contribution in [0.15, 0.2) is 42.7 Å². The third-order valence-corrected chi connectivity index (χ3v) is 6.97. The molecule has 4 rings (SSSR count). The third-order valence-electron chi connectivity index (χ3n) is 6.97. The number of piperazine rings is 1. The maximum Gasteiger partial charge on any atom is 0.228 e. The molecular formula is C28H38N4O5. The van der Waals surface area contributed by atoms with Crippen LogP contribution in [0.25, 0.3) is 0 Å². The molecule has 200 valence electrons. The first-order valence-electron chi connectivity index (χ1n) is 13.2. The van der Waals surface area contributed by atoms with E-state index < -0.39 is 23.9 Å². The second-order valence-corrected chi connectivity index (χ2v) is 10.2. The van der Waals surface area contributed by atoms with E-state index in [2.05, 4.69) is 27.0 Å². The summed E-state index contributed by atoms with van der Waals surface area (Å²) in [4.78, 5) is 38.6. The van der Waals surface area contributed by atoms with Gasteiger partial charge in [-0.05, 0) is 70.7 Å². The predicted octanol–water partition coefficient (Wildman–Crippen LogP) is 3.27. The standard InChI is InChI=1S/C28H38N4O5/c1-5-35-22-12-10-21(11-13-22)8-6-9-23(25-24(19-33)36-28(3,4)37-25)26(34)32-17-16-31(18-20(32)2)27-29-14-7-15-30-27/h7,10-15,19-20,23-25H,5-6,8-9,16-18H2,1-4H3/t20-,23+,24?,25?/m1/s1. The van der Waals surface area contributed by atoms with E-state index >= 15 is 0 Å². The van der Waals surface area contributed by atoms with Crippen LogP contribution in [0.5, 0.6) is 5.75 Å². The molecule has 9 nitrogen and oxygen atoms in total. The third kappa shape index (κ3) is 6.64. The van der Waals surface area contributed by atoms with E-state index in [0.29, 0.717) is 38.6 Å². The first-order valence-corrected chi connectivity index (χ1v) is 13.2. The van der Waals surface area contributed by atoms with Gasteiger partial charge in [0, 0.05) is 38.1 Å². The lowest BCUT2D eigenvalue weighted by molar-refractivity contribution is -0.160. The fraction of sp³-hybridized carbons (Fsp3) is 0.571. The summed E-state index contributed by atoms with van der Waals surface area (Å²) in [7, 11) is 0. The fourth-order valence-electron chi connectivity index (χ4n) is 5.24. The number of hydrogen-bond acceptors (Lipinski definition) is 8. The Balaban J connectivity index is 1.46. The number of carbonyl (C=O) groups is 2. The Morgan fingerprint density at radius 2 is 1.92 bits per heavy atom. The minimum absolute atomic E-state index is 0.00553. The van der Waals surface area contributed by atoms with E-state index in [4.69, 9.17) is 14.2 Å². The van der Waals surface area contributed by atoms with Crippen LogP contribution in [-0.2, 0) is 25.5 Å². The van der Waals surface area contributed by atoms with Crippen molar-refractivity contribution in [2.75, 3.05) is 31.1 Å². The number of rotatable bonds is 10. The number of aromatic nitrogens is 2. The van der Waals surface area contributed by atoms with Crippen LogP contribution >= 0.6 is 0 Å². The van der Waals surface area contributed by atoms with E-state index in [-0.39, 0.29) is 11.9 Å². The number of anilines is 1. The second-order valence-electron chi connectivity index (χ2n) is 10.2. The van der Waals surface area contributed by atoms with Crippen LogP contribution in [-0.4, -0.2) is 77.3 Å². The zero-order valence-electron chi connectivity index (χ0n) is 22.2. The van der Waals surface area contributed by atoms with Crippen molar-refractivity contribution in [2.45, 2.75) is 71.0 Å². The minimum Gasteiger partial charge on any atom is -0.494 e. The molecule has 3 heterocycles. The Morgan fingerprint density at radius 1 is 1.19 bits per heavy atom. The summed E-state index contributed by atoms with van der Waals surface area (Å²) in [6.45, 7) is 10.0. The number of aryl methyl sites for hydroxylation is 1. The number of ether oxygens (including phenoxy) is 3. The van der Waals surface area contributed by atoms with E-state index in [1.165, 1.54) is 5.56 Å². The fourth-order valence-corrected chi connectivity index (χ4v) is 5.24. The van der Waals surface area contributed by atoms with Gasteiger partial charge in [-0.3, -0.25) is 4.79 Å². The molecule has 9 heteroatoms. The van der Waals surface area contributed by atoms with E-state index in [9.17, 15) is 9.59 Å². The van der Waals surface area contributed by atoms with Crippen LogP contribution in [0, 0.1) is 5.92 Å². The van der Waals surface area contributed by atoms with Gasteiger partial charge in [0.2, 0.25) is 11.9 Å². The lowest BCUT2D eigenvalue weighted by Crippen LogP contribution is -2.57. The molecule has 0 saturated carbocycles. The molecule has 2 unspecified atom stereocenters. The van der Waals surface area contributed by atoms with Crippen LogP contribution in [0.1, 0.15) is 46.1 Å². The first kappa shape index (κ1) is 27.0. The van der Waals surface area contributed by atoms with Gasteiger partial charge < -0.3 is 28.8 Å². The van der Waals surface area contributed by atoms with Crippen molar-refractivity contribution in [3.8, 4) is 5.75 Å². The van der Waals surface area contributed by atoms with Gasteiger partial charge in [0.1, 0.15) is 18.0 Å². The Kier molecular flexibility index (Phi) is 8.76. The zero-order valence-corrected chi connectivity index (χ0v) is 22.2. The lowest BCUT2D eigenvalue weighted by atomic mass is 9.89. The molecular weight excluding hydrogens is 472 g/mol. The molecule has 0 spiro atoms. The van der Waals surface area contributed by atoms with Gasteiger partial charge in [-0.25, -0.2) is 9.97 Å². The van der Waals surface area contributed by atoms with Crippen molar-refractivity contribution in [3.05, 3.63) is 48.3 Å². The average Bonchev–Trinajstić information content (AvgIpc) is 3.22. The first-order chi connectivity index (χ1) is 17.8. The highest BCUT2D eigenvalue weighted by Gasteiger charge is 2.48. The second kappa shape index (κ2) is 12.0. The molecule has 0 aliphatic carbocycles. The van der Waals surface area contributed by atoms with Gasteiger partial charge in [-0.2, -0.15) is 0 Å². The summed E-state index contributed by atoms with van der Waals surface area (Å²) in [5, 5.41) is 0. The molecule has 1 aromatic carbocycles. The van der Waals surface area contributed by atoms with Crippen LogP contribution in [0.2, 0.25) is 0 Å². The van der Waals surface area contributed by atoms with Crippen molar-refractivity contribution in [1.29, 1.82) is 0 Å². The maximum absolute atomic E-state index is 14.0. The van der Waals surface area contributed by atoms with Crippen molar-refractivity contribution < 1.29 is 23.8 Å². The molecule has 4 atom stereocenters. The summed E-state index contributed by atoms with van der Waals surface area (Å²) in [6, 6.07) is 9.81.